The molecule has 1 aromatic carbocycles. The van der Waals surface area contributed by atoms with Gasteiger partial charge in [-0.1, -0.05) is 37.6 Å². The second-order valence-electron chi connectivity index (χ2n) is 3.91. The van der Waals surface area contributed by atoms with Crippen LogP contribution >= 0.6 is 11.6 Å². The minimum absolute atomic E-state index is 0.420. The zero-order valence-electron chi connectivity index (χ0n) is 9.96. The van der Waals surface area contributed by atoms with Gasteiger partial charge in [-0.15, -0.1) is 0 Å². The normalized spacial score (nSPS) is 11.4. The van der Waals surface area contributed by atoms with Gasteiger partial charge in [0.2, 0.25) is 0 Å². The maximum absolute atomic E-state index is 6.09. The van der Waals surface area contributed by atoms with Gasteiger partial charge in [-0.2, -0.15) is 0 Å². The number of benzene rings is 1. The molecule has 2 N–H and O–H groups in total. The van der Waals surface area contributed by atoms with Gasteiger partial charge in [0, 0.05) is 6.54 Å². The van der Waals surface area contributed by atoms with E-state index in [9.17, 15) is 0 Å². The molecule has 0 aliphatic rings. The molecule has 0 radical (unpaired) electrons. The van der Waals surface area contributed by atoms with Crippen molar-refractivity contribution < 1.29 is 4.74 Å². The highest BCUT2D eigenvalue weighted by Crippen LogP contribution is 2.32. The standard InChI is InChI=1S/C13H18ClNO/c1-9(2)11-8-13(16-3)12(14)7-10(11)5-4-6-15/h4-5,7-9H,6,15H2,1-3H3/b5-4+. The third-order valence-corrected chi connectivity index (χ3v) is 2.71. The molecular formula is C13H18ClNO. The Labute approximate surface area is 102 Å². The van der Waals surface area contributed by atoms with Gasteiger partial charge in [0.15, 0.2) is 0 Å². The first-order valence-electron chi connectivity index (χ1n) is 5.34. The maximum Gasteiger partial charge on any atom is 0.137 e. The van der Waals surface area contributed by atoms with Crippen molar-refractivity contribution in [3.8, 4) is 5.75 Å². The van der Waals surface area contributed by atoms with E-state index in [0.717, 1.165) is 11.3 Å². The lowest BCUT2D eigenvalue weighted by atomic mass is 9.96. The predicted octanol–water partition coefficient (Wildman–Crippen LogP) is 3.44. The summed E-state index contributed by atoms with van der Waals surface area (Å²) in [6.07, 6.45) is 3.92. The Morgan fingerprint density at radius 3 is 2.62 bits per heavy atom. The molecule has 16 heavy (non-hydrogen) atoms. The molecule has 0 aromatic heterocycles. The molecule has 0 atom stereocenters. The van der Waals surface area contributed by atoms with E-state index in [1.165, 1.54) is 5.56 Å². The van der Waals surface area contributed by atoms with Gasteiger partial charge in [0.1, 0.15) is 5.75 Å². The van der Waals surface area contributed by atoms with Crippen LogP contribution in [0, 0.1) is 0 Å². The van der Waals surface area contributed by atoms with E-state index in [2.05, 4.69) is 13.8 Å². The van der Waals surface area contributed by atoms with Crippen LogP contribution in [0.3, 0.4) is 0 Å². The highest BCUT2D eigenvalue weighted by Gasteiger charge is 2.10. The summed E-state index contributed by atoms with van der Waals surface area (Å²) in [5, 5.41) is 0.628. The van der Waals surface area contributed by atoms with Crippen LogP contribution in [0.2, 0.25) is 5.02 Å². The molecule has 0 fully saturated rings. The molecule has 1 rings (SSSR count). The molecule has 0 bridgehead atoms. The van der Waals surface area contributed by atoms with Crippen molar-refractivity contribution in [1.29, 1.82) is 0 Å². The lowest BCUT2D eigenvalue weighted by molar-refractivity contribution is 0.414. The number of halogens is 1. The Kier molecular flexibility index (Phi) is 4.84. The monoisotopic (exact) mass is 239 g/mol. The Bertz CT molecular complexity index is 386. The number of hydrogen-bond acceptors (Lipinski definition) is 2. The molecule has 0 spiro atoms. The first-order valence-corrected chi connectivity index (χ1v) is 5.72. The molecule has 0 heterocycles. The molecule has 1 aromatic rings. The zero-order valence-corrected chi connectivity index (χ0v) is 10.7. The van der Waals surface area contributed by atoms with E-state index in [-0.39, 0.29) is 0 Å². The van der Waals surface area contributed by atoms with Crippen molar-refractivity contribution in [1.82, 2.24) is 0 Å². The lowest BCUT2D eigenvalue weighted by Crippen LogP contribution is -1.96. The molecule has 0 unspecified atom stereocenters. The second kappa shape index (κ2) is 5.92. The molecule has 0 amide bonds. The van der Waals surface area contributed by atoms with E-state index < -0.39 is 0 Å². The quantitative estimate of drug-likeness (QED) is 0.874. The third-order valence-electron chi connectivity index (χ3n) is 2.41. The highest BCUT2D eigenvalue weighted by molar-refractivity contribution is 6.32. The van der Waals surface area contributed by atoms with Gasteiger partial charge in [-0.3, -0.25) is 0 Å². The van der Waals surface area contributed by atoms with Crippen molar-refractivity contribution in [3.63, 3.8) is 0 Å². The van der Waals surface area contributed by atoms with Gasteiger partial charge in [0.05, 0.1) is 12.1 Å². The number of nitrogens with two attached hydrogens (primary N) is 1. The van der Waals surface area contributed by atoms with Gasteiger partial charge in [0.25, 0.3) is 0 Å². The minimum atomic E-state index is 0.420. The topological polar surface area (TPSA) is 35.2 Å². The molecule has 2 nitrogen and oxygen atoms in total. The Morgan fingerprint density at radius 1 is 1.44 bits per heavy atom. The van der Waals surface area contributed by atoms with Gasteiger partial charge in [-0.05, 0) is 29.2 Å². The molecule has 0 saturated heterocycles. The number of hydrogen-bond donors (Lipinski definition) is 1. The van der Waals surface area contributed by atoms with Gasteiger partial charge >= 0.3 is 0 Å². The molecule has 0 aliphatic heterocycles. The number of ether oxygens (including phenoxy) is 1. The van der Waals surface area contributed by atoms with E-state index in [1.807, 2.05) is 24.3 Å². The Balaban J connectivity index is 3.24. The van der Waals surface area contributed by atoms with Crippen LogP contribution in [0.1, 0.15) is 30.9 Å². The zero-order chi connectivity index (χ0) is 12.1. The van der Waals surface area contributed by atoms with Crippen molar-refractivity contribution in [2.75, 3.05) is 13.7 Å². The van der Waals surface area contributed by atoms with Crippen LogP contribution in [0.4, 0.5) is 0 Å². The second-order valence-corrected chi connectivity index (χ2v) is 4.32. The fraction of sp³-hybridized carbons (Fsp3) is 0.385. The Hall–Kier alpha value is -0.990. The predicted molar refractivity (Wildman–Crippen MR) is 70.2 cm³/mol. The summed E-state index contributed by atoms with van der Waals surface area (Å²) in [6.45, 7) is 4.81. The van der Waals surface area contributed by atoms with Crippen LogP contribution in [-0.2, 0) is 0 Å². The highest BCUT2D eigenvalue weighted by atomic mass is 35.5. The van der Waals surface area contributed by atoms with Crippen LogP contribution < -0.4 is 10.5 Å². The molecular weight excluding hydrogens is 222 g/mol. The molecule has 0 saturated carbocycles. The third kappa shape index (κ3) is 3.00. The fourth-order valence-corrected chi connectivity index (χ4v) is 1.83. The lowest BCUT2D eigenvalue weighted by Gasteiger charge is -2.13. The maximum atomic E-state index is 6.09. The average molecular weight is 240 g/mol. The summed E-state index contributed by atoms with van der Waals surface area (Å²) < 4.78 is 5.21. The summed E-state index contributed by atoms with van der Waals surface area (Å²) in [4.78, 5) is 0. The van der Waals surface area contributed by atoms with Crippen LogP contribution in [0.25, 0.3) is 6.08 Å². The smallest absolute Gasteiger partial charge is 0.137 e. The molecule has 3 heteroatoms. The van der Waals surface area contributed by atoms with Crippen molar-refractivity contribution in [3.05, 3.63) is 34.4 Å². The summed E-state index contributed by atoms with van der Waals surface area (Å²) >= 11 is 6.09. The van der Waals surface area contributed by atoms with Crippen LogP contribution in [0.5, 0.6) is 5.75 Å². The van der Waals surface area contributed by atoms with Gasteiger partial charge < -0.3 is 10.5 Å². The number of methoxy groups -OCH3 is 1. The van der Waals surface area contributed by atoms with Crippen molar-refractivity contribution in [2.24, 2.45) is 5.73 Å². The fourth-order valence-electron chi connectivity index (χ4n) is 1.58. The minimum Gasteiger partial charge on any atom is -0.495 e. The molecule has 0 aliphatic carbocycles. The van der Waals surface area contributed by atoms with E-state index in [4.69, 9.17) is 22.1 Å². The van der Waals surface area contributed by atoms with E-state index in [0.29, 0.717) is 17.5 Å². The summed E-state index contributed by atoms with van der Waals surface area (Å²) in [5.41, 5.74) is 7.77. The largest absolute Gasteiger partial charge is 0.495 e. The summed E-state index contributed by atoms with van der Waals surface area (Å²) in [7, 11) is 1.63. The average Bonchev–Trinajstić information content (AvgIpc) is 2.25. The van der Waals surface area contributed by atoms with Gasteiger partial charge in [-0.25, -0.2) is 0 Å². The summed E-state index contributed by atoms with van der Waals surface area (Å²) in [5.74, 6) is 1.14. The Morgan fingerprint density at radius 2 is 2.12 bits per heavy atom. The van der Waals surface area contributed by atoms with Crippen LogP contribution in [0.15, 0.2) is 18.2 Å². The van der Waals surface area contributed by atoms with E-state index in [1.54, 1.807) is 7.11 Å². The summed E-state index contributed by atoms with van der Waals surface area (Å²) in [6, 6.07) is 3.91. The first kappa shape index (κ1) is 13.1. The number of rotatable bonds is 4. The van der Waals surface area contributed by atoms with Crippen molar-refractivity contribution in [2.45, 2.75) is 19.8 Å². The van der Waals surface area contributed by atoms with Crippen LogP contribution in [-0.4, -0.2) is 13.7 Å². The van der Waals surface area contributed by atoms with E-state index >= 15 is 0 Å². The molecule has 88 valence electrons. The van der Waals surface area contributed by atoms with Crippen molar-refractivity contribution >= 4 is 17.7 Å². The first-order chi connectivity index (χ1) is 7.60. The SMILES string of the molecule is COc1cc(C(C)C)c(/C=C/CN)cc1Cl.